The molecule has 1 amide bonds. The molecule has 0 radical (unpaired) electrons. The Labute approximate surface area is 215 Å². The largest absolute Gasteiger partial charge is 0.415 e. The van der Waals surface area contributed by atoms with Crippen molar-refractivity contribution in [2.45, 2.75) is 12.5 Å². The molecule has 0 unspecified atom stereocenters. The van der Waals surface area contributed by atoms with Crippen molar-refractivity contribution in [3.8, 4) is 11.5 Å². The third-order valence-electron chi connectivity index (χ3n) is 5.20. The highest BCUT2D eigenvalue weighted by Gasteiger charge is 2.22. The number of alkyl halides is 2. The number of benzene rings is 2. The van der Waals surface area contributed by atoms with Crippen LogP contribution in [0.4, 0.5) is 26.2 Å². The number of carbonyl (C=O) groups excluding carboxylic acids is 1. The summed E-state index contributed by atoms with van der Waals surface area (Å²) < 4.78 is 31.1. The van der Waals surface area contributed by atoms with E-state index in [1.807, 2.05) is 30.3 Å². The first kappa shape index (κ1) is 25.9. The predicted molar refractivity (Wildman–Crippen MR) is 133 cm³/mol. The number of hydrogen-bond acceptors (Lipinski definition) is 9. The average Bonchev–Trinajstić information content (AvgIpc) is 3.38. The summed E-state index contributed by atoms with van der Waals surface area (Å²) in [5.41, 5.74) is 1.74. The van der Waals surface area contributed by atoms with Crippen molar-refractivity contribution >= 4 is 35.0 Å². The van der Waals surface area contributed by atoms with E-state index in [0.29, 0.717) is 11.3 Å². The van der Waals surface area contributed by atoms with Gasteiger partial charge in [-0.25, -0.2) is 4.98 Å². The van der Waals surface area contributed by atoms with Crippen LogP contribution in [-0.4, -0.2) is 56.8 Å². The number of aliphatic hydroxyl groups excluding tert-OH is 1. The van der Waals surface area contributed by atoms with Gasteiger partial charge in [-0.05, 0) is 23.8 Å². The highest BCUT2D eigenvalue weighted by atomic mass is 35.5. The van der Waals surface area contributed by atoms with Crippen molar-refractivity contribution in [2.24, 2.45) is 0 Å². The van der Waals surface area contributed by atoms with E-state index in [1.165, 1.54) is 11.1 Å². The molecule has 0 aliphatic carbocycles. The SMILES string of the molecule is CN(C)C(=O)c1ccc(Nc2ncc(-c3nnc(C(F)F)o3)c(N[C@H](CO)c3ccccc3)n2)cc1Cl. The molecule has 1 atom stereocenters. The van der Waals surface area contributed by atoms with Gasteiger partial charge in [0, 0.05) is 26.0 Å². The maximum absolute atomic E-state index is 13.0. The van der Waals surface area contributed by atoms with E-state index in [0.717, 1.165) is 5.56 Å². The third kappa shape index (κ3) is 5.98. The van der Waals surface area contributed by atoms with Crippen LogP contribution >= 0.6 is 11.6 Å². The van der Waals surface area contributed by atoms with Crippen LogP contribution in [0, 0.1) is 0 Å². The van der Waals surface area contributed by atoms with Crippen molar-refractivity contribution in [2.75, 3.05) is 31.3 Å². The average molecular weight is 530 g/mol. The number of anilines is 3. The number of nitrogens with one attached hydrogen (secondary N) is 2. The van der Waals surface area contributed by atoms with Gasteiger partial charge in [-0.1, -0.05) is 41.9 Å². The Balaban J connectivity index is 1.68. The minimum Gasteiger partial charge on any atom is -0.415 e. The van der Waals surface area contributed by atoms with Gasteiger partial charge in [-0.3, -0.25) is 4.79 Å². The molecule has 2 aromatic heterocycles. The van der Waals surface area contributed by atoms with Crippen LogP contribution in [0.5, 0.6) is 0 Å². The molecule has 13 heteroatoms. The molecule has 0 saturated heterocycles. The van der Waals surface area contributed by atoms with Crippen molar-refractivity contribution in [1.82, 2.24) is 25.1 Å². The second-order valence-electron chi connectivity index (χ2n) is 8.01. The maximum Gasteiger partial charge on any atom is 0.314 e. The number of amides is 1. The lowest BCUT2D eigenvalue weighted by Gasteiger charge is -2.19. The zero-order valence-electron chi connectivity index (χ0n) is 19.7. The summed E-state index contributed by atoms with van der Waals surface area (Å²) in [6.07, 6.45) is -1.62. The highest BCUT2D eigenvalue weighted by Crippen LogP contribution is 2.31. The summed E-state index contributed by atoms with van der Waals surface area (Å²) in [4.78, 5) is 22.3. The lowest BCUT2D eigenvalue weighted by molar-refractivity contribution is 0.0827. The molecule has 37 heavy (non-hydrogen) atoms. The Morgan fingerprint density at radius 2 is 1.92 bits per heavy atom. The molecule has 0 bridgehead atoms. The molecule has 2 aromatic carbocycles. The minimum absolute atomic E-state index is 0.118. The van der Waals surface area contributed by atoms with Crippen molar-refractivity contribution in [1.29, 1.82) is 0 Å². The lowest BCUT2D eigenvalue weighted by atomic mass is 10.1. The van der Waals surface area contributed by atoms with Crippen LogP contribution in [0.3, 0.4) is 0 Å². The second-order valence-corrected chi connectivity index (χ2v) is 8.42. The van der Waals surface area contributed by atoms with Gasteiger partial charge in [0.05, 0.1) is 28.8 Å². The van der Waals surface area contributed by atoms with Gasteiger partial charge in [-0.2, -0.15) is 13.8 Å². The molecule has 10 nitrogen and oxygen atoms in total. The van der Waals surface area contributed by atoms with E-state index in [1.54, 1.807) is 32.3 Å². The molecule has 0 saturated carbocycles. The van der Waals surface area contributed by atoms with E-state index >= 15 is 0 Å². The van der Waals surface area contributed by atoms with Crippen LogP contribution in [0.1, 0.15) is 34.3 Å². The van der Waals surface area contributed by atoms with Crippen LogP contribution in [0.2, 0.25) is 5.02 Å². The van der Waals surface area contributed by atoms with Gasteiger partial charge in [0.2, 0.25) is 5.95 Å². The standard InChI is InChI=1S/C24H22ClF2N7O3/c1-34(2)23(36)15-9-8-14(10-17(15)25)29-24-28-11-16(21-32-33-22(37-21)19(26)27)20(31-24)30-18(12-35)13-6-4-3-5-7-13/h3-11,18-19,35H,12H2,1-2H3,(H2,28,29,30,31)/t18-/m1/s1. The summed E-state index contributed by atoms with van der Waals surface area (Å²) in [7, 11) is 3.25. The smallest absolute Gasteiger partial charge is 0.314 e. The number of aromatic nitrogens is 4. The quantitative estimate of drug-likeness (QED) is 0.282. The van der Waals surface area contributed by atoms with Crippen molar-refractivity contribution in [3.63, 3.8) is 0 Å². The molecular weight excluding hydrogens is 508 g/mol. The Bertz CT molecular complexity index is 1390. The molecule has 0 aliphatic heterocycles. The van der Waals surface area contributed by atoms with Crippen LogP contribution in [-0.2, 0) is 0 Å². The number of carbonyl (C=O) groups is 1. The fourth-order valence-electron chi connectivity index (χ4n) is 3.36. The molecular formula is C24H22ClF2N7O3. The van der Waals surface area contributed by atoms with E-state index in [2.05, 4.69) is 30.8 Å². The molecule has 4 rings (SSSR count). The Morgan fingerprint density at radius 3 is 2.54 bits per heavy atom. The van der Waals surface area contributed by atoms with E-state index < -0.39 is 18.4 Å². The van der Waals surface area contributed by atoms with E-state index in [4.69, 9.17) is 16.0 Å². The Hall–Kier alpha value is -4.16. The van der Waals surface area contributed by atoms with Gasteiger partial charge < -0.3 is 25.1 Å². The fourth-order valence-corrected chi connectivity index (χ4v) is 3.62. The summed E-state index contributed by atoms with van der Waals surface area (Å²) in [6, 6.07) is 13.3. The Kier molecular flexibility index (Phi) is 7.89. The minimum atomic E-state index is -2.94. The Morgan fingerprint density at radius 1 is 1.16 bits per heavy atom. The highest BCUT2D eigenvalue weighted by molar-refractivity contribution is 6.34. The summed E-state index contributed by atoms with van der Waals surface area (Å²) in [5.74, 6) is -1.04. The predicted octanol–water partition coefficient (Wildman–Crippen LogP) is 4.71. The molecule has 4 aromatic rings. The normalized spacial score (nSPS) is 11.9. The summed E-state index contributed by atoms with van der Waals surface area (Å²) in [5, 5.41) is 23.4. The molecule has 3 N–H and O–H groups in total. The number of rotatable bonds is 9. The van der Waals surface area contributed by atoms with Crippen LogP contribution in [0.15, 0.2) is 59.1 Å². The van der Waals surface area contributed by atoms with E-state index in [9.17, 15) is 18.7 Å². The third-order valence-corrected chi connectivity index (χ3v) is 5.52. The monoisotopic (exact) mass is 529 g/mol. The van der Waals surface area contributed by atoms with Gasteiger partial charge >= 0.3 is 6.43 Å². The lowest BCUT2D eigenvalue weighted by Crippen LogP contribution is -2.22. The fraction of sp³-hybridized carbons (Fsp3) is 0.208. The molecule has 0 fully saturated rings. The van der Waals surface area contributed by atoms with E-state index in [-0.39, 0.29) is 40.8 Å². The zero-order chi connectivity index (χ0) is 26.5. The first-order chi connectivity index (χ1) is 17.8. The van der Waals surface area contributed by atoms with Crippen LogP contribution in [0.25, 0.3) is 11.5 Å². The topological polar surface area (TPSA) is 129 Å². The summed E-state index contributed by atoms with van der Waals surface area (Å²) in [6.45, 7) is -0.292. The molecule has 192 valence electrons. The zero-order valence-corrected chi connectivity index (χ0v) is 20.4. The van der Waals surface area contributed by atoms with Gasteiger partial charge in [-0.15, -0.1) is 10.2 Å². The first-order valence-corrected chi connectivity index (χ1v) is 11.3. The number of aliphatic hydroxyl groups is 1. The van der Waals surface area contributed by atoms with Crippen molar-refractivity contribution < 1.29 is 23.1 Å². The molecule has 0 spiro atoms. The van der Waals surface area contributed by atoms with Gasteiger partial charge in [0.25, 0.3) is 17.7 Å². The number of halogens is 3. The molecule has 0 aliphatic rings. The van der Waals surface area contributed by atoms with Crippen molar-refractivity contribution in [3.05, 3.63) is 76.8 Å². The molecule has 2 heterocycles. The van der Waals surface area contributed by atoms with Gasteiger partial charge in [0.15, 0.2) is 0 Å². The van der Waals surface area contributed by atoms with Crippen LogP contribution < -0.4 is 10.6 Å². The summed E-state index contributed by atoms with van der Waals surface area (Å²) >= 11 is 6.30. The first-order valence-electron chi connectivity index (χ1n) is 11.0. The van der Waals surface area contributed by atoms with Gasteiger partial charge in [0.1, 0.15) is 5.82 Å². The number of nitrogens with zero attached hydrogens (tertiary/aromatic N) is 5. The maximum atomic E-state index is 13.0. The number of hydrogen-bond donors (Lipinski definition) is 3. The second kappa shape index (κ2) is 11.3.